The average molecular weight is 287 g/mol. The molecule has 0 aromatic carbocycles. The number of hydrogen-bond acceptors (Lipinski definition) is 5. The standard InChI is InChI=1S/C8H15F2N3O2S2/c1-11-5(14)8(10,4-17)13-6(15)7(9,3-16)12-2/h12,16-17H,3-4H2,1-2H3,(H,11,14)(H,13,15). The Labute approximate surface area is 109 Å². The minimum Gasteiger partial charge on any atom is -0.355 e. The van der Waals surface area contributed by atoms with Gasteiger partial charge in [-0.2, -0.15) is 25.3 Å². The summed E-state index contributed by atoms with van der Waals surface area (Å²) in [5.41, 5.74) is 0. The van der Waals surface area contributed by atoms with E-state index in [0.717, 1.165) is 0 Å². The lowest BCUT2D eigenvalue weighted by Gasteiger charge is -2.28. The van der Waals surface area contributed by atoms with E-state index in [4.69, 9.17) is 0 Å². The quantitative estimate of drug-likeness (QED) is 0.330. The highest BCUT2D eigenvalue weighted by atomic mass is 32.1. The van der Waals surface area contributed by atoms with Crippen LogP contribution in [-0.2, 0) is 9.59 Å². The van der Waals surface area contributed by atoms with E-state index in [-0.39, 0.29) is 0 Å². The molecule has 0 saturated heterocycles. The average Bonchev–Trinajstić information content (AvgIpc) is 2.36. The number of carbonyl (C=O) groups is 2. The summed E-state index contributed by atoms with van der Waals surface area (Å²) in [5, 5.41) is 5.72. The molecule has 0 aromatic heterocycles. The molecule has 0 aliphatic rings. The van der Waals surface area contributed by atoms with Crippen LogP contribution in [0.15, 0.2) is 0 Å². The smallest absolute Gasteiger partial charge is 0.279 e. The number of amides is 2. The molecule has 2 amide bonds. The summed E-state index contributed by atoms with van der Waals surface area (Å²) in [6.45, 7) is 0. The van der Waals surface area contributed by atoms with Crippen LogP contribution in [0.1, 0.15) is 0 Å². The van der Waals surface area contributed by atoms with E-state index >= 15 is 0 Å². The van der Waals surface area contributed by atoms with Crippen LogP contribution < -0.4 is 16.0 Å². The van der Waals surface area contributed by atoms with Crippen molar-refractivity contribution in [1.82, 2.24) is 16.0 Å². The molecule has 0 saturated carbocycles. The van der Waals surface area contributed by atoms with Gasteiger partial charge in [0, 0.05) is 12.8 Å². The van der Waals surface area contributed by atoms with E-state index in [0.29, 0.717) is 0 Å². The summed E-state index contributed by atoms with van der Waals surface area (Å²) < 4.78 is 27.7. The van der Waals surface area contributed by atoms with Gasteiger partial charge in [0.25, 0.3) is 17.6 Å². The molecule has 2 atom stereocenters. The number of rotatable bonds is 6. The number of likely N-dealkylation sites (N-methyl/N-ethyl adjacent to an activating group) is 2. The molecule has 5 nitrogen and oxygen atoms in total. The second kappa shape index (κ2) is 6.41. The number of nitrogens with one attached hydrogen (secondary N) is 3. The van der Waals surface area contributed by atoms with Crippen molar-refractivity contribution in [2.45, 2.75) is 11.6 Å². The Morgan fingerprint density at radius 1 is 1.06 bits per heavy atom. The zero-order valence-electron chi connectivity index (χ0n) is 9.38. The summed E-state index contributed by atoms with van der Waals surface area (Å²) in [6.07, 6.45) is 0. The van der Waals surface area contributed by atoms with Crippen LogP contribution in [0.4, 0.5) is 8.78 Å². The van der Waals surface area contributed by atoms with Gasteiger partial charge in [0.1, 0.15) is 0 Å². The van der Waals surface area contributed by atoms with Gasteiger partial charge < -0.3 is 10.6 Å². The van der Waals surface area contributed by atoms with Gasteiger partial charge in [-0.3, -0.25) is 14.9 Å². The Morgan fingerprint density at radius 3 is 1.82 bits per heavy atom. The van der Waals surface area contributed by atoms with Gasteiger partial charge in [-0.05, 0) is 7.05 Å². The van der Waals surface area contributed by atoms with Crippen molar-refractivity contribution in [3.8, 4) is 0 Å². The zero-order valence-corrected chi connectivity index (χ0v) is 11.2. The lowest BCUT2D eigenvalue weighted by Crippen LogP contribution is -2.63. The number of alkyl halides is 2. The van der Waals surface area contributed by atoms with E-state index < -0.39 is 34.9 Å². The van der Waals surface area contributed by atoms with E-state index in [1.807, 2.05) is 5.32 Å². The Bertz CT molecular complexity index is 302. The summed E-state index contributed by atoms with van der Waals surface area (Å²) in [5.74, 6) is -8.89. The lowest BCUT2D eigenvalue weighted by atomic mass is 10.2. The van der Waals surface area contributed by atoms with Crippen LogP contribution in [0.25, 0.3) is 0 Å². The number of carbonyl (C=O) groups excluding carboxylic acids is 2. The first kappa shape index (κ1) is 16.5. The molecule has 0 radical (unpaired) electrons. The van der Waals surface area contributed by atoms with Crippen LogP contribution >= 0.6 is 25.3 Å². The van der Waals surface area contributed by atoms with Gasteiger partial charge in [-0.1, -0.05) is 0 Å². The molecule has 0 aromatic rings. The third kappa shape index (κ3) is 3.71. The highest BCUT2D eigenvalue weighted by Gasteiger charge is 2.45. The first-order chi connectivity index (χ1) is 7.79. The molecule has 17 heavy (non-hydrogen) atoms. The van der Waals surface area contributed by atoms with Gasteiger partial charge in [0.2, 0.25) is 5.79 Å². The summed E-state index contributed by atoms with van der Waals surface area (Å²) in [7, 11) is 2.36. The normalized spacial score (nSPS) is 17.8. The van der Waals surface area contributed by atoms with Crippen molar-refractivity contribution in [3.05, 3.63) is 0 Å². The van der Waals surface area contributed by atoms with Crippen LogP contribution in [0.5, 0.6) is 0 Å². The fourth-order valence-electron chi connectivity index (χ4n) is 0.910. The summed E-state index contributed by atoms with van der Waals surface area (Å²) in [4.78, 5) is 22.7. The van der Waals surface area contributed by atoms with Crippen LogP contribution in [0.3, 0.4) is 0 Å². The highest BCUT2D eigenvalue weighted by Crippen LogP contribution is 2.15. The molecule has 2 unspecified atom stereocenters. The molecule has 0 rings (SSSR count). The van der Waals surface area contributed by atoms with Gasteiger partial charge in [-0.15, -0.1) is 0 Å². The molecule has 0 spiro atoms. The van der Waals surface area contributed by atoms with Crippen LogP contribution in [-0.4, -0.2) is 49.0 Å². The predicted molar refractivity (Wildman–Crippen MR) is 66.7 cm³/mol. The molecular weight excluding hydrogens is 272 g/mol. The Morgan fingerprint density at radius 2 is 1.53 bits per heavy atom. The molecule has 0 aliphatic heterocycles. The minimum absolute atomic E-state index is 0.508. The maximum Gasteiger partial charge on any atom is 0.279 e. The molecule has 0 heterocycles. The third-order valence-electron chi connectivity index (χ3n) is 2.09. The largest absolute Gasteiger partial charge is 0.355 e. The maximum atomic E-state index is 13.9. The number of halogens is 2. The van der Waals surface area contributed by atoms with Crippen molar-refractivity contribution in [1.29, 1.82) is 0 Å². The third-order valence-corrected chi connectivity index (χ3v) is 2.96. The maximum absolute atomic E-state index is 13.9. The van der Waals surface area contributed by atoms with E-state index in [1.165, 1.54) is 14.1 Å². The second-order valence-electron chi connectivity index (χ2n) is 3.20. The first-order valence-corrected chi connectivity index (χ1v) is 5.89. The van der Waals surface area contributed by atoms with Gasteiger partial charge >= 0.3 is 0 Å². The van der Waals surface area contributed by atoms with Gasteiger partial charge in [0.05, 0.1) is 5.75 Å². The summed E-state index contributed by atoms with van der Waals surface area (Å²) in [6, 6.07) is 0. The molecule has 100 valence electrons. The van der Waals surface area contributed by atoms with E-state index in [2.05, 4.69) is 30.6 Å². The van der Waals surface area contributed by atoms with Crippen LogP contribution in [0.2, 0.25) is 0 Å². The summed E-state index contributed by atoms with van der Waals surface area (Å²) >= 11 is 7.24. The molecular formula is C8H15F2N3O2S2. The van der Waals surface area contributed by atoms with E-state index in [1.54, 1.807) is 5.32 Å². The SMILES string of the molecule is CNC(=O)C(F)(CS)NC(=O)C(F)(CS)NC. The number of hydrogen-bond donors (Lipinski definition) is 5. The van der Waals surface area contributed by atoms with Crippen molar-refractivity contribution < 1.29 is 18.4 Å². The Balaban J connectivity index is 4.92. The molecule has 3 N–H and O–H groups in total. The lowest BCUT2D eigenvalue weighted by molar-refractivity contribution is -0.145. The molecule has 0 fully saturated rings. The van der Waals surface area contributed by atoms with E-state index in [9.17, 15) is 18.4 Å². The van der Waals surface area contributed by atoms with Crippen molar-refractivity contribution in [2.24, 2.45) is 0 Å². The molecule has 0 aliphatic carbocycles. The first-order valence-electron chi connectivity index (χ1n) is 4.63. The van der Waals surface area contributed by atoms with Crippen LogP contribution in [0, 0.1) is 0 Å². The van der Waals surface area contributed by atoms with Gasteiger partial charge in [0.15, 0.2) is 0 Å². The molecule has 9 heteroatoms. The highest BCUT2D eigenvalue weighted by molar-refractivity contribution is 7.80. The Hall–Kier alpha value is -0.540. The second-order valence-corrected chi connectivity index (χ2v) is 3.83. The monoisotopic (exact) mass is 287 g/mol. The van der Waals surface area contributed by atoms with Crippen molar-refractivity contribution in [2.75, 3.05) is 25.6 Å². The fourth-order valence-corrected chi connectivity index (χ4v) is 1.43. The molecule has 0 bridgehead atoms. The fraction of sp³-hybridized carbons (Fsp3) is 0.750. The zero-order chi connectivity index (χ0) is 13.7. The predicted octanol–water partition coefficient (Wildman–Crippen LogP) is -0.741. The minimum atomic E-state index is -2.77. The topological polar surface area (TPSA) is 70.2 Å². The number of thiol groups is 2. The van der Waals surface area contributed by atoms with Crippen molar-refractivity contribution in [3.63, 3.8) is 0 Å². The van der Waals surface area contributed by atoms with Gasteiger partial charge in [-0.25, -0.2) is 8.78 Å². The van der Waals surface area contributed by atoms with Crippen molar-refractivity contribution >= 4 is 37.1 Å². The Kier molecular flexibility index (Phi) is 6.20.